The van der Waals surface area contributed by atoms with Crippen LogP contribution in [-0.4, -0.2) is 42.1 Å². The Labute approximate surface area is 91.8 Å². The van der Waals surface area contributed by atoms with Crippen molar-refractivity contribution >= 4 is 5.91 Å². The van der Waals surface area contributed by atoms with E-state index in [1.165, 1.54) is 0 Å². The van der Waals surface area contributed by atoms with Crippen LogP contribution in [0.15, 0.2) is 0 Å². The fourth-order valence-corrected chi connectivity index (χ4v) is 2.12. The number of carbonyl (C=O) groups excluding carboxylic acids is 1. The zero-order valence-corrected chi connectivity index (χ0v) is 10.1. The zero-order valence-electron chi connectivity index (χ0n) is 10.1. The van der Waals surface area contributed by atoms with E-state index in [2.05, 4.69) is 13.8 Å². The quantitative estimate of drug-likeness (QED) is 0.751. The largest absolute Gasteiger partial charge is 0.380 e. The monoisotopic (exact) mass is 214 g/mol. The zero-order chi connectivity index (χ0) is 11.6. The molecule has 15 heavy (non-hydrogen) atoms. The summed E-state index contributed by atoms with van der Waals surface area (Å²) >= 11 is 0. The molecule has 1 rings (SSSR count). The van der Waals surface area contributed by atoms with E-state index in [1.807, 2.05) is 11.8 Å². The molecule has 0 radical (unpaired) electrons. The summed E-state index contributed by atoms with van der Waals surface area (Å²) in [6.07, 6.45) is 1.88. The molecule has 1 aliphatic heterocycles. The molecule has 1 saturated heterocycles. The van der Waals surface area contributed by atoms with Crippen LogP contribution >= 0.6 is 0 Å². The first-order chi connectivity index (χ1) is 7.02. The molecule has 1 heterocycles. The Kier molecular flexibility index (Phi) is 4.11. The van der Waals surface area contributed by atoms with E-state index in [1.54, 1.807) is 7.11 Å². The Balaban J connectivity index is 2.59. The van der Waals surface area contributed by atoms with E-state index in [-0.39, 0.29) is 12.0 Å². The van der Waals surface area contributed by atoms with Gasteiger partial charge in [0.2, 0.25) is 5.91 Å². The summed E-state index contributed by atoms with van der Waals surface area (Å²) in [5.74, 6) is 0.0231. The summed E-state index contributed by atoms with van der Waals surface area (Å²) in [4.78, 5) is 13.9. The molecule has 0 aromatic heterocycles. The van der Waals surface area contributed by atoms with Crippen molar-refractivity contribution in [2.45, 2.75) is 57.8 Å². The Morgan fingerprint density at radius 2 is 2.27 bits per heavy atom. The highest BCUT2D eigenvalue weighted by Crippen LogP contribution is 2.28. The van der Waals surface area contributed by atoms with Gasteiger partial charge in [-0.25, -0.2) is 0 Å². The molecule has 4 nitrogen and oxygen atoms in total. The molecule has 88 valence electrons. The van der Waals surface area contributed by atoms with Gasteiger partial charge in [0, 0.05) is 19.2 Å². The lowest BCUT2D eigenvalue weighted by Crippen LogP contribution is -2.62. The van der Waals surface area contributed by atoms with E-state index >= 15 is 0 Å². The van der Waals surface area contributed by atoms with E-state index < -0.39 is 6.04 Å². The Bertz CT molecular complexity index is 233. The number of hydrogen-bond acceptors (Lipinski definition) is 3. The maximum Gasteiger partial charge on any atom is 0.242 e. The third-order valence-corrected chi connectivity index (χ3v) is 3.37. The fraction of sp³-hybridized carbons (Fsp3) is 0.909. The minimum atomic E-state index is -0.535. The van der Waals surface area contributed by atoms with Crippen molar-refractivity contribution in [1.82, 2.24) is 4.90 Å². The van der Waals surface area contributed by atoms with Gasteiger partial charge < -0.3 is 15.4 Å². The number of nitrogens with two attached hydrogens (primary N) is 1. The van der Waals surface area contributed by atoms with Crippen LogP contribution in [0.1, 0.15) is 33.6 Å². The molecule has 4 atom stereocenters. The number of likely N-dealkylation sites (tertiary alicyclic amines) is 1. The summed E-state index contributed by atoms with van der Waals surface area (Å²) in [6, 6.07) is 0.173. The average Bonchev–Trinajstić information content (AvgIpc) is 2.22. The summed E-state index contributed by atoms with van der Waals surface area (Å²) in [5, 5.41) is 0. The fourth-order valence-electron chi connectivity index (χ4n) is 2.12. The first kappa shape index (κ1) is 12.5. The maximum atomic E-state index is 12.0. The van der Waals surface area contributed by atoms with Crippen LogP contribution in [0.25, 0.3) is 0 Å². The van der Waals surface area contributed by atoms with Crippen molar-refractivity contribution in [2.75, 3.05) is 7.11 Å². The predicted molar refractivity (Wildman–Crippen MR) is 59.5 cm³/mol. The van der Waals surface area contributed by atoms with Gasteiger partial charge in [0.25, 0.3) is 0 Å². The van der Waals surface area contributed by atoms with Gasteiger partial charge in [0.15, 0.2) is 0 Å². The average molecular weight is 214 g/mol. The van der Waals surface area contributed by atoms with Gasteiger partial charge in [-0.15, -0.1) is 0 Å². The highest BCUT2D eigenvalue weighted by molar-refractivity contribution is 5.83. The molecule has 4 heteroatoms. The lowest BCUT2D eigenvalue weighted by Gasteiger charge is -2.48. The normalized spacial score (nSPS) is 29.5. The van der Waals surface area contributed by atoms with Gasteiger partial charge in [-0.1, -0.05) is 6.92 Å². The standard InChI is InChI=1S/C11H22N2O2/c1-5-9-6-7(2)13(9)11(14)10(12)8(3)15-4/h7-10H,5-6,12H2,1-4H3. The van der Waals surface area contributed by atoms with Crippen LogP contribution in [0.2, 0.25) is 0 Å². The van der Waals surface area contributed by atoms with Crippen LogP contribution in [0.4, 0.5) is 0 Å². The lowest BCUT2D eigenvalue weighted by atomic mass is 9.90. The third kappa shape index (κ3) is 2.32. The second kappa shape index (κ2) is 4.94. The molecule has 0 saturated carbocycles. The van der Waals surface area contributed by atoms with Crippen molar-refractivity contribution in [3.63, 3.8) is 0 Å². The maximum absolute atomic E-state index is 12.0. The van der Waals surface area contributed by atoms with Crippen molar-refractivity contribution in [3.05, 3.63) is 0 Å². The van der Waals surface area contributed by atoms with Crippen LogP contribution in [0.5, 0.6) is 0 Å². The topological polar surface area (TPSA) is 55.6 Å². The molecule has 4 unspecified atom stereocenters. The number of ether oxygens (including phenoxy) is 1. The van der Waals surface area contributed by atoms with Gasteiger partial charge in [-0.2, -0.15) is 0 Å². The first-order valence-corrected chi connectivity index (χ1v) is 5.63. The van der Waals surface area contributed by atoms with Gasteiger partial charge in [0.05, 0.1) is 6.10 Å². The summed E-state index contributed by atoms with van der Waals surface area (Å²) in [6.45, 7) is 5.99. The number of rotatable bonds is 4. The van der Waals surface area contributed by atoms with Gasteiger partial charge in [0.1, 0.15) is 6.04 Å². The van der Waals surface area contributed by atoms with Crippen LogP contribution in [-0.2, 0) is 9.53 Å². The summed E-state index contributed by atoms with van der Waals surface area (Å²) in [5.41, 5.74) is 5.84. The van der Waals surface area contributed by atoms with E-state index in [0.717, 1.165) is 12.8 Å². The van der Waals surface area contributed by atoms with Gasteiger partial charge in [-0.3, -0.25) is 4.79 Å². The Hall–Kier alpha value is -0.610. The first-order valence-electron chi connectivity index (χ1n) is 5.63. The second-order valence-electron chi connectivity index (χ2n) is 4.36. The third-order valence-electron chi connectivity index (χ3n) is 3.37. The Morgan fingerprint density at radius 1 is 1.67 bits per heavy atom. The summed E-state index contributed by atoms with van der Waals surface area (Å²) < 4.78 is 5.08. The van der Waals surface area contributed by atoms with Crippen LogP contribution in [0, 0.1) is 0 Å². The molecule has 0 aromatic rings. The Morgan fingerprint density at radius 3 is 2.67 bits per heavy atom. The van der Waals surface area contributed by atoms with Gasteiger partial charge >= 0.3 is 0 Å². The second-order valence-corrected chi connectivity index (χ2v) is 4.36. The molecule has 1 aliphatic rings. The number of amides is 1. The highest BCUT2D eigenvalue weighted by Gasteiger charge is 2.40. The minimum Gasteiger partial charge on any atom is -0.380 e. The van der Waals surface area contributed by atoms with Crippen LogP contribution in [0.3, 0.4) is 0 Å². The van der Waals surface area contributed by atoms with Gasteiger partial charge in [-0.05, 0) is 26.7 Å². The lowest BCUT2D eigenvalue weighted by molar-refractivity contribution is -0.148. The van der Waals surface area contributed by atoms with Crippen molar-refractivity contribution in [1.29, 1.82) is 0 Å². The molecule has 1 amide bonds. The number of carbonyl (C=O) groups is 1. The van der Waals surface area contributed by atoms with Crippen molar-refractivity contribution in [3.8, 4) is 0 Å². The number of nitrogens with zero attached hydrogens (tertiary/aromatic N) is 1. The molecule has 0 aliphatic carbocycles. The van der Waals surface area contributed by atoms with E-state index in [0.29, 0.717) is 12.1 Å². The smallest absolute Gasteiger partial charge is 0.242 e. The SMILES string of the molecule is CCC1CC(C)N1C(=O)C(N)C(C)OC. The molecule has 2 N–H and O–H groups in total. The summed E-state index contributed by atoms with van der Waals surface area (Å²) in [7, 11) is 1.58. The van der Waals surface area contributed by atoms with E-state index in [9.17, 15) is 4.79 Å². The highest BCUT2D eigenvalue weighted by atomic mass is 16.5. The molecular formula is C11H22N2O2. The molecule has 0 bridgehead atoms. The van der Waals surface area contributed by atoms with Crippen molar-refractivity contribution in [2.24, 2.45) is 5.73 Å². The molecule has 0 aromatic carbocycles. The molecular weight excluding hydrogens is 192 g/mol. The molecule has 0 spiro atoms. The predicted octanol–water partition coefficient (Wildman–Crippen LogP) is 0.748. The van der Waals surface area contributed by atoms with E-state index in [4.69, 9.17) is 10.5 Å². The van der Waals surface area contributed by atoms with Crippen LogP contribution < -0.4 is 5.73 Å². The minimum absolute atomic E-state index is 0.0231. The number of hydrogen-bond donors (Lipinski definition) is 1. The molecule has 1 fully saturated rings. The number of methoxy groups -OCH3 is 1. The van der Waals surface area contributed by atoms with Crippen molar-refractivity contribution < 1.29 is 9.53 Å².